The average Bonchev–Trinajstić information content (AvgIpc) is 2.76. The van der Waals surface area contributed by atoms with Gasteiger partial charge in [-0.2, -0.15) is 0 Å². The number of nitrogen functional groups attached to an aromatic ring is 1. The van der Waals surface area contributed by atoms with Crippen LogP contribution in [-0.2, 0) is 6.54 Å². The van der Waals surface area contributed by atoms with Gasteiger partial charge >= 0.3 is 0 Å². The predicted molar refractivity (Wildman–Crippen MR) is 83.9 cm³/mol. The van der Waals surface area contributed by atoms with Crippen LogP contribution in [0.3, 0.4) is 0 Å². The Morgan fingerprint density at radius 2 is 2.00 bits per heavy atom. The molecule has 0 unspecified atom stereocenters. The van der Waals surface area contributed by atoms with E-state index in [2.05, 4.69) is 17.4 Å². The van der Waals surface area contributed by atoms with Gasteiger partial charge < -0.3 is 5.43 Å². The van der Waals surface area contributed by atoms with Crippen LogP contribution in [0.4, 0.5) is 11.4 Å². The summed E-state index contributed by atoms with van der Waals surface area (Å²) in [6.45, 7) is 0.732. The van der Waals surface area contributed by atoms with Gasteiger partial charge in [0.15, 0.2) is 0 Å². The average molecular weight is 292 g/mol. The third-order valence-electron chi connectivity index (χ3n) is 4.29. The van der Waals surface area contributed by atoms with Crippen molar-refractivity contribution in [2.45, 2.75) is 51.1 Å². The third kappa shape index (κ3) is 4.15. The smallest absolute Gasteiger partial charge is 0.293 e. The van der Waals surface area contributed by atoms with E-state index in [1.165, 1.54) is 38.5 Å². The molecule has 0 radical (unpaired) electrons. The maximum absolute atomic E-state index is 11.1. The summed E-state index contributed by atoms with van der Waals surface area (Å²) in [7, 11) is 2.11. The first-order valence-electron chi connectivity index (χ1n) is 7.56. The zero-order chi connectivity index (χ0) is 15.2. The van der Waals surface area contributed by atoms with E-state index < -0.39 is 4.92 Å². The standard InChI is InChI=1S/C15H24N4O2/c1-18(13-6-4-2-3-5-7-13)11-12-8-9-14(17-16)15(10-12)19(20)21/h8-10,13,17H,2-7,11,16H2,1H3. The minimum atomic E-state index is -0.398. The lowest BCUT2D eigenvalue weighted by molar-refractivity contribution is -0.384. The summed E-state index contributed by atoms with van der Waals surface area (Å²) in [4.78, 5) is 13.0. The van der Waals surface area contributed by atoms with Gasteiger partial charge in [-0.15, -0.1) is 0 Å². The summed E-state index contributed by atoms with van der Waals surface area (Å²) in [5.41, 5.74) is 3.70. The van der Waals surface area contributed by atoms with Crippen LogP contribution < -0.4 is 11.3 Å². The van der Waals surface area contributed by atoms with Crippen molar-refractivity contribution < 1.29 is 4.92 Å². The zero-order valence-electron chi connectivity index (χ0n) is 12.5. The van der Waals surface area contributed by atoms with Gasteiger partial charge in [0.25, 0.3) is 5.69 Å². The lowest BCUT2D eigenvalue weighted by Crippen LogP contribution is -2.30. The second kappa shape index (κ2) is 7.38. The van der Waals surface area contributed by atoms with Crippen LogP contribution in [0.15, 0.2) is 18.2 Å². The number of rotatable bonds is 5. The molecular weight excluding hydrogens is 268 g/mol. The molecule has 1 aromatic rings. The molecule has 1 fully saturated rings. The molecule has 2 rings (SSSR count). The fourth-order valence-electron chi connectivity index (χ4n) is 3.06. The van der Waals surface area contributed by atoms with Crippen molar-refractivity contribution in [3.8, 4) is 0 Å². The molecule has 1 aromatic carbocycles. The molecule has 6 nitrogen and oxygen atoms in total. The second-order valence-corrected chi connectivity index (χ2v) is 5.81. The Kier molecular flexibility index (Phi) is 5.52. The Labute approximate surface area is 125 Å². The van der Waals surface area contributed by atoms with E-state index in [-0.39, 0.29) is 5.69 Å². The van der Waals surface area contributed by atoms with Crippen LogP contribution in [-0.4, -0.2) is 22.9 Å². The fraction of sp³-hybridized carbons (Fsp3) is 0.600. The van der Waals surface area contributed by atoms with E-state index in [4.69, 9.17) is 5.84 Å². The number of nitro groups is 1. The molecule has 1 aliphatic rings. The molecule has 1 saturated carbocycles. The molecule has 0 heterocycles. The number of anilines is 1. The monoisotopic (exact) mass is 292 g/mol. The number of hydrazine groups is 1. The molecule has 0 amide bonds. The van der Waals surface area contributed by atoms with Crippen LogP contribution in [0.2, 0.25) is 0 Å². The van der Waals surface area contributed by atoms with Crippen molar-refractivity contribution in [3.05, 3.63) is 33.9 Å². The lowest BCUT2D eigenvalue weighted by atomic mass is 10.1. The van der Waals surface area contributed by atoms with Gasteiger partial charge in [-0.3, -0.25) is 20.9 Å². The van der Waals surface area contributed by atoms with Gasteiger partial charge in [0.1, 0.15) is 5.69 Å². The largest absolute Gasteiger partial charge is 0.318 e. The number of nitro benzene ring substituents is 1. The number of benzene rings is 1. The van der Waals surface area contributed by atoms with Gasteiger partial charge in [0, 0.05) is 18.7 Å². The first-order valence-corrected chi connectivity index (χ1v) is 7.56. The minimum Gasteiger partial charge on any atom is -0.318 e. The van der Waals surface area contributed by atoms with Gasteiger partial charge in [0.05, 0.1) is 4.92 Å². The first kappa shape index (κ1) is 15.7. The molecule has 1 aliphatic carbocycles. The van der Waals surface area contributed by atoms with E-state index in [1.807, 2.05) is 6.07 Å². The Hall–Kier alpha value is -1.66. The number of hydrogen-bond acceptors (Lipinski definition) is 5. The summed E-state index contributed by atoms with van der Waals surface area (Å²) in [5.74, 6) is 5.31. The minimum absolute atomic E-state index is 0.0317. The summed E-state index contributed by atoms with van der Waals surface area (Å²) in [6.07, 6.45) is 7.66. The van der Waals surface area contributed by atoms with Crippen LogP contribution in [0.25, 0.3) is 0 Å². The van der Waals surface area contributed by atoms with Crippen molar-refractivity contribution in [2.24, 2.45) is 5.84 Å². The third-order valence-corrected chi connectivity index (χ3v) is 4.29. The second-order valence-electron chi connectivity index (χ2n) is 5.81. The van der Waals surface area contributed by atoms with E-state index in [0.717, 1.165) is 12.1 Å². The topological polar surface area (TPSA) is 84.4 Å². The highest BCUT2D eigenvalue weighted by molar-refractivity contribution is 5.61. The molecule has 0 saturated heterocycles. The molecule has 0 bridgehead atoms. The molecule has 6 heteroatoms. The highest BCUT2D eigenvalue weighted by Gasteiger charge is 2.19. The Morgan fingerprint density at radius 3 is 2.57 bits per heavy atom. The molecule has 0 atom stereocenters. The van der Waals surface area contributed by atoms with Crippen molar-refractivity contribution in [2.75, 3.05) is 12.5 Å². The highest BCUT2D eigenvalue weighted by Crippen LogP contribution is 2.27. The van der Waals surface area contributed by atoms with Crippen LogP contribution in [0.5, 0.6) is 0 Å². The van der Waals surface area contributed by atoms with Gasteiger partial charge in [-0.25, -0.2) is 0 Å². The van der Waals surface area contributed by atoms with Gasteiger partial charge in [-0.1, -0.05) is 31.7 Å². The highest BCUT2D eigenvalue weighted by atomic mass is 16.6. The summed E-state index contributed by atoms with van der Waals surface area (Å²) >= 11 is 0. The molecule has 0 aliphatic heterocycles. The van der Waals surface area contributed by atoms with E-state index in [9.17, 15) is 10.1 Å². The number of nitrogens with zero attached hydrogens (tertiary/aromatic N) is 2. The normalized spacial score (nSPS) is 16.7. The maximum atomic E-state index is 11.1. The Morgan fingerprint density at radius 1 is 1.33 bits per heavy atom. The molecule has 0 spiro atoms. The van der Waals surface area contributed by atoms with Gasteiger partial charge in [-0.05, 0) is 31.5 Å². The van der Waals surface area contributed by atoms with Crippen LogP contribution >= 0.6 is 0 Å². The Balaban J connectivity index is 2.07. The quantitative estimate of drug-likeness (QED) is 0.377. The SMILES string of the molecule is CN(Cc1ccc(NN)c([N+](=O)[O-])c1)C1CCCCCC1. The Bertz CT molecular complexity index is 485. The predicted octanol–water partition coefficient (Wildman–Crippen LogP) is 3.04. The van der Waals surface area contributed by atoms with E-state index in [0.29, 0.717) is 11.7 Å². The summed E-state index contributed by atoms with van der Waals surface area (Å²) < 4.78 is 0. The first-order chi connectivity index (χ1) is 10.1. The molecule has 116 valence electrons. The van der Waals surface area contributed by atoms with Gasteiger partial charge in [0.2, 0.25) is 0 Å². The number of hydrogen-bond donors (Lipinski definition) is 2. The van der Waals surface area contributed by atoms with Crippen molar-refractivity contribution in [1.29, 1.82) is 0 Å². The molecular formula is C15H24N4O2. The number of nitrogens with one attached hydrogen (secondary N) is 1. The van der Waals surface area contributed by atoms with Crippen LogP contribution in [0.1, 0.15) is 44.1 Å². The summed E-state index contributed by atoms with van der Waals surface area (Å²) in [5, 5.41) is 11.1. The molecule has 21 heavy (non-hydrogen) atoms. The maximum Gasteiger partial charge on any atom is 0.293 e. The van der Waals surface area contributed by atoms with E-state index in [1.54, 1.807) is 12.1 Å². The number of nitrogens with two attached hydrogens (primary N) is 1. The zero-order valence-corrected chi connectivity index (χ0v) is 12.5. The van der Waals surface area contributed by atoms with Crippen LogP contribution in [0, 0.1) is 10.1 Å². The van der Waals surface area contributed by atoms with E-state index >= 15 is 0 Å². The van der Waals surface area contributed by atoms with Crippen molar-refractivity contribution in [1.82, 2.24) is 4.90 Å². The molecule has 0 aromatic heterocycles. The summed E-state index contributed by atoms with van der Waals surface area (Å²) in [6, 6.07) is 5.77. The fourth-order valence-corrected chi connectivity index (χ4v) is 3.06. The van der Waals surface area contributed by atoms with Crippen molar-refractivity contribution >= 4 is 11.4 Å². The lowest BCUT2D eigenvalue weighted by Gasteiger charge is -2.27. The van der Waals surface area contributed by atoms with Crippen molar-refractivity contribution in [3.63, 3.8) is 0 Å². The molecule has 3 N–H and O–H groups in total.